The van der Waals surface area contributed by atoms with Crippen molar-refractivity contribution < 1.29 is 17.3 Å². The van der Waals surface area contributed by atoms with Crippen LogP contribution >= 0.6 is 0 Å². The van der Waals surface area contributed by atoms with Crippen molar-refractivity contribution in [1.29, 1.82) is 0 Å². The summed E-state index contributed by atoms with van der Waals surface area (Å²) in [6.45, 7) is 6.91. The van der Waals surface area contributed by atoms with E-state index in [2.05, 4.69) is 90.7 Å². The zero-order valence-corrected chi connectivity index (χ0v) is 16.5. The number of hydrogen-bond donors (Lipinski definition) is 0. The Labute approximate surface area is 146 Å². The first kappa shape index (κ1) is 20.6. The van der Waals surface area contributed by atoms with Gasteiger partial charge in [-0.25, -0.2) is 0 Å². The van der Waals surface area contributed by atoms with Crippen LogP contribution in [0.25, 0.3) is 0 Å². The minimum absolute atomic E-state index is 1.22. The molecule has 2 aromatic carbocycles. The van der Waals surface area contributed by atoms with Gasteiger partial charge in [0.05, 0.1) is 0 Å². The maximum absolute atomic E-state index is 9.75. The summed E-state index contributed by atoms with van der Waals surface area (Å²) in [5.41, 5.74) is 3.56. The molecule has 0 bridgehead atoms. The quantitative estimate of drug-likeness (QED) is 0.394. The fourth-order valence-corrected chi connectivity index (χ4v) is 7.42. The molecular formula is C17H19BF4SeSi. The van der Waals surface area contributed by atoms with Gasteiger partial charge in [-0.2, -0.15) is 0 Å². The number of rotatable bonds is 2. The van der Waals surface area contributed by atoms with Crippen LogP contribution in [-0.4, -0.2) is 29.2 Å². The third-order valence-electron chi connectivity index (χ3n) is 2.49. The van der Waals surface area contributed by atoms with E-state index in [4.69, 9.17) is 0 Å². The van der Waals surface area contributed by atoms with Gasteiger partial charge in [0, 0.05) is 0 Å². The summed E-state index contributed by atoms with van der Waals surface area (Å²) in [6.07, 6.45) is 0. The number of halogens is 4. The first-order chi connectivity index (χ1) is 11.1. The van der Waals surface area contributed by atoms with Crippen LogP contribution in [0.5, 0.6) is 0 Å². The molecule has 0 radical (unpaired) electrons. The fraction of sp³-hybridized carbons (Fsp3) is 0.176. The van der Waals surface area contributed by atoms with Crippen LogP contribution in [0, 0.1) is 10.4 Å². The second-order valence-corrected chi connectivity index (χ2v) is 14.3. The molecule has 0 aliphatic heterocycles. The Morgan fingerprint density at radius 3 is 1.38 bits per heavy atom. The first-order valence-electron chi connectivity index (χ1n) is 7.31. The smallest absolute Gasteiger partial charge is 0.418 e. The maximum atomic E-state index is 9.75. The van der Waals surface area contributed by atoms with Crippen molar-refractivity contribution in [1.82, 2.24) is 0 Å². The molecule has 2 aromatic rings. The van der Waals surface area contributed by atoms with Crippen LogP contribution in [-0.2, 0) is 0 Å². The molecule has 7 heteroatoms. The minimum atomic E-state index is -6.00. The van der Waals surface area contributed by atoms with Crippen molar-refractivity contribution in [3.63, 3.8) is 0 Å². The van der Waals surface area contributed by atoms with Gasteiger partial charge in [0.2, 0.25) is 0 Å². The zero-order chi connectivity index (χ0) is 18.2. The van der Waals surface area contributed by atoms with E-state index in [1.165, 1.54) is 8.92 Å². The summed E-state index contributed by atoms with van der Waals surface area (Å²) >= 11 is -1.22. The summed E-state index contributed by atoms with van der Waals surface area (Å²) in [7, 11) is -7.32. The standard InChI is InChI=1S/C17H19SeSi.BF4/c1-19(2,3)15-14-18(16-10-6-4-7-11-16)17-12-8-5-9-13-17;2-1(3,4)5/h4-13H,1-3H3;/q+1;-1. The molecule has 0 amide bonds. The van der Waals surface area contributed by atoms with E-state index in [0.29, 0.717) is 0 Å². The second kappa shape index (κ2) is 9.12. The van der Waals surface area contributed by atoms with Crippen LogP contribution < -0.4 is 8.92 Å². The van der Waals surface area contributed by atoms with Crippen molar-refractivity contribution in [3.05, 3.63) is 60.7 Å². The molecule has 0 saturated carbocycles. The molecule has 0 heterocycles. The van der Waals surface area contributed by atoms with Crippen LogP contribution in [0.2, 0.25) is 19.6 Å². The van der Waals surface area contributed by atoms with Crippen LogP contribution in [0.15, 0.2) is 60.7 Å². The normalized spacial score (nSPS) is 11.2. The van der Waals surface area contributed by atoms with E-state index in [1.54, 1.807) is 0 Å². The van der Waals surface area contributed by atoms with Gasteiger partial charge in [-0.1, -0.05) is 0 Å². The van der Waals surface area contributed by atoms with E-state index in [0.717, 1.165) is 0 Å². The van der Waals surface area contributed by atoms with Crippen molar-refractivity contribution >= 4 is 38.2 Å². The molecule has 0 spiro atoms. The molecule has 0 unspecified atom stereocenters. The van der Waals surface area contributed by atoms with Gasteiger partial charge in [-0.15, -0.1) is 0 Å². The molecule has 0 atom stereocenters. The Hall–Kier alpha value is -1.48. The second-order valence-electron chi connectivity index (χ2n) is 5.90. The van der Waals surface area contributed by atoms with Crippen molar-refractivity contribution in [2.45, 2.75) is 19.6 Å². The first-order valence-corrected chi connectivity index (χ1v) is 13.4. The van der Waals surface area contributed by atoms with Crippen LogP contribution in [0.4, 0.5) is 17.3 Å². The molecule has 0 aliphatic carbocycles. The molecule has 0 saturated heterocycles. The molecule has 0 aromatic heterocycles. The third-order valence-corrected chi connectivity index (χ3v) is 7.53. The molecular weight excluding hydrogens is 398 g/mol. The van der Waals surface area contributed by atoms with Crippen molar-refractivity contribution in [3.8, 4) is 10.4 Å². The molecule has 128 valence electrons. The summed E-state index contributed by atoms with van der Waals surface area (Å²) < 4.78 is 41.8. The number of benzene rings is 2. The van der Waals surface area contributed by atoms with Crippen molar-refractivity contribution in [2.24, 2.45) is 0 Å². The predicted octanol–water partition coefficient (Wildman–Crippen LogP) is 4.02. The summed E-state index contributed by atoms with van der Waals surface area (Å²) in [4.78, 5) is 3.63. The van der Waals surface area contributed by atoms with Gasteiger partial charge in [-0.05, 0) is 0 Å². The number of hydrogen-bond acceptors (Lipinski definition) is 0. The molecule has 0 aliphatic rings. The van der Waals surface area contributed by atoms with Gasteiger partial charge < -0.3 is 17.3 Å². The fourth-order valence-electron chi connectivity index (χ4n) is 1.57. The molecule has 0 fully saturated rings. The van der Waals surface area contributed by atoms with E-state index in [9.17, 15) is 17.3 Å². The summed E-state index contributed by atoms with van der Waals surface area (Å²) in [5, 5.41) is 0. The maximum Gasteiger partial charge on any atom is 0.673 e. The molecule has 2 rings (SSSR count). The van der Waals surface area contributed by atoms with Crippen LogP contribution in [0.1, 0.15) is 0 Å². The average molecular weight is 417 g/mol. The van der Waals surface area contributed by atoms with Gasteiger partial charge >= 0.3 is 129 Å². The SMILES string of the molecule is C[Si](C)(C)C#C[Se+](c1ccccc1)c1ccccc1.F[B-](F)(F)F. The van der Waals surface area contributed by atoms with Gasteiger partial charge in [0.1, 0.15) is 0 Å². The monoisotopic (exact) mass is 418 g/mol. The van der Waals surface area contributed by atoms with Gasteiger partial charge in [0.15, 0.2) is 0 Å². The molecule has 24 heavy (non-hydrogen) atoms. The Balaban J connectivity index is 0.000000505. The van der Waals surface area contributed by atoms with E-state index >= 15 is 0 Å². The molecule has 0 N–H and O–H groups in total. The largest absolute Gasteiger partial charge is 0.673 e. The predicted molar refractivity (Wildman–Crippen MR) is 99.2 cm³/mol. The zero-order valence-electron chi connectivity index (χ0n) is 13.8. The Kier molecular flexibility index (Phi) is 7.82. The van der Waals surface area contributed by atoms with E-state index < -0.39 is 29.2 Å². The summed E-state index contributed by atoms with van der Waals surface area (Å²) in [5.74, 6) is 0. The minimum Gasteiger partial charge on any atom is -0.418 e. The van der Waals surface area contributed by atoms with Gasteiger partial charge in [0.25, 0.3) is 0 Å². The Morgan fingerprint density at radius 2 is 1.08 bits per heavy atom. The topological polar surface area (TPSA) is 0 Å². The van der Waals surface area contributed by atoms with E-state index in [-0.39, 0.29) is 0 Å². The van der Waals surface area contributed by atoms with Gasteiger partial charge in [-0.3, -0.25) is 0 Å². The average Bonchev–Trinajstić information content (AvgIpc) is 2.47. The molecule has 0 nitrogen and oxygen atoms in total. The van der Waals surface area contributed by atoms with Crippen molar-refractivity contribution in [2.75, 3.05) is 0 Å². The van der Waals surface area contributed by atoms with Crippen LogP contribution in [0.3, 0.4) is 0 Å². The summed E-state index contributed by atoms with van der Waals surface area (Å²) in [6, 6.07) is 21.5. The van der Waals surface area contributed by atoms with E-state index in [1.807, 2.05) is 0 Å². The Morgan fingerprint density at radius 1 is 0.750 bits per heavy atom. The third kappa shape index (κ3) is 9.61. The Bertz CT molecular complexity index is 627.